The monoisotopic (exact) mass is 494 g/mol. The predicted octanol–water partition coefficient (Wildman–Crippen LogP) is 3.45. The van der Waals surface area contributed by atoms with Gasteiger partial charge >= 0.3 is 5.97 Å². The van der Waals surface area contributed by atoms with E-state index in [9.17, 15) is 28.1 Å². The lowest BCUT2D eigenvalue weighted by Crippen LogP contribution is -2.30. The second kappa shape index (κ2) is 10.4. The predicted molar refractivity (Wildman–Crippen MR) is 125 cm³/mol. The molecule has 0 radical (unpaired) electrons. The Hall–Kier alpha value is -4.76. The first-order valence-electron chi connectivity index (χ1n) is 9.99. The summed E-state index contributed by atoms with van der Waals surface area (Å²) in [6.45, 7) is 1.34. The summed E-state index contributed by atoms with van der Waals surface area (Å²) >= 11 is 0. The lowest BCUT2D eigenvalue weighted by atomic mass is 10.2. The molecular formula is C23H18N4O7S. The summed E-state index contributed by atoms with van der Waals surface area (Å²) in [5.74, 6) is -1.61. The van der Waals surface area contributed by atoms with Crippen LogP contribution in [0.4, 0.5) is 17.1 Å². The number of benzene rings is 3. The maximum absolute atomic E-state index is 12.8. The number of sulfonamides is 1. The highest BCUT2D eigenvalue weighted by Crippen LogP contribution is 2.23. The third kappa shape index (κ3) is 6.18. The Morgan fingerprint density at radius 2 is 1.74 bits per heavy atom. The average molecular weight is 494 g/mol. The first kappa shape index (κ1) is 24.9. The van der Waals surface area contributed by atoms with E-state index in [1.165, 1.54) is 67.6 Å². The smallest absolute Gasteiger partial charge is 0.341 e. The van der Waals surface area contributed by atoms with Gasteiger partial charge in [-0.1, -0.05) is 18.2 Å². The fraction of sp³-hybridized carbons (Fsp3) is 0.0870. The number of hydrogen-bond acceptors (Lipinski definition) is 8. The van der Waals surface area contributed by atoms with Crippen LogP contribution in [-0.4, -0.2) is 31.3 Å². The number of nitro benzene ring substituents is 1. The van der Waals surface area contributed by atoms with Gasteiger partial charge in [-0.15, -0.1) is 0 Å². The van der Waals surface area contributed by atoms with Gasteiger partial charge in [0.2, 0.25) is 0 Å². The van der Waals surface area contributed by atoms with E-state index in [2.05, 4.69) is 10.0 Å². The number of nitriles is 1. The standard InChI is InChI=1S/C23H18N4O7S/c1-15(22(28)25-17-11-9-16(14-24)10-12-17)34-23(29)20-7-2-3-8-21(20)26-35(32,33)19-6-4-5-18(13-19)27(30)31/h2-13,15,26H,1H3,(H,25,28). The largest absolute Gasteiger partial charge is 0.449 e. The number of hydrogen-bond donors (Lipinski definition) is 2. The van der Waals surface area contributed by atoms with Gasteiger partial charge < -0.3 is 10.1 Å². The van der Waals surface area contributed by atoms with Crippen molar-refractivity contribution in [1.29, 1.82) is 5.26 Å². The molecule has 1 amide bonds. The molecule has 178 valence electrons. The minimum atomic E-state index is -4.28. The molecule has 0 saturated carbocycles. The molecule has 0 fully saturated rings. The third-order valence-corrected chi connectivity index (χ3v) is 6.03. The number of rotatable bonds is 8. The molecule has 3 rings (SSSR count). The Bertz CT molecular complexity index is 1430. The van der Waals surface area contributed by atoms with Gasteiger partial charge in [0.05, 0.1) is 32.7 Å². The molecule has 0 bridgehead atoms. The van der Waals surface area contributed by atoms with Crippen molar-refractivity contribution in [2.75, 3.05) is 10.0 Å². The molecule has 1 unspecified atom stereocenters. The molecular weight excluding hydrogens is 476 g/mol. The summed E-state index contributed by atoms with van der Waals surface area (Å²) in [5, 5.41) is 22.3. The zero-order valence-electron chi connectivity index (χ0n) is 18.2. The molecule has 1 atom stereocenters. The van der Waals surface area contributed by atoms with Crippen molar-refractivity contribution in [3.8, 4) is 6.07 Å². The van der Waals surface area contributed by atoms with Crippen molar-refractivity contribution in [3.63, 3.8) is 0 Å². The molecule has 35 heavy (non-hydrogen) atoms. The molecule has 3 aromatic carbocycles. The van der Waals surface area contributed by atoms with Gasteiger partial charge in [-0.25, -0.2) is 13.2 Å². The lowest BCUT2D eigenvalue weighted by molar-refractivity contribution is -0.385. The second-order valence-corrected chi connectivity index (χ2v) is 8.81. The fourth-order valence-corrected chi connectivity index (χ4v) is 3.99. The molecule has 0 aliphatic heterocycles. The Labute approximate surface area is 200 Å². The average Bonchev–Trinajstić information content (AvgIpc) is 2.84. The van der Waals surface area contributed by atoms with Crippen molar-refractivity contribution < 1.29 is 27.7 Å². The highest BCUT2D eigenvalue weighted by molar-refractivity contribution is 7.92. The number of carbonyl (C=O) groups excluding carboxylic acids is 2. The number of nitro groups is 1. The number of anilines is 2. The SMILES string of the molecule is CC(OC(=O)c1ccccc1NS(=O)(=O)c1cccc([N+](=O)[O-])c1)C(=O)Nc1ccc(C#N)cc1. The zero-order chi connectivity index (χ0) is 25.6. The number of nitrogens with zero attached hydrogens (tertiary/aromatic N) is 2. The molecule has 2 N–H and O–H groups in total. The van der Waals surface area contributed by atoms with E-state index in [0.717, 1.165) is 12.1 Å². The molecule has 0 spiro atoms. The summed E-state index contributed by atoms with van der Waals surface area (Å²) < 4.78 is 32.9. The summed E-state index contributed by atoms with van der Waals surface area (Å²) in [5.41, 5.74) is 0.0829. The van der Waals surface area contributed by atoms with Crippen molar-refractivity contribution in [2.45, 2.75) is 17.9 Å². The van der Waals surface area contributed by atoms with Gasteiger partial charge in [-0.05, 0) is 49.4 Å². The van der Waals surface area contributed by atoms with E-state index >= 15 is 0 Å². The van der Waals surface area contributed by atoms with Gasteiger partial charge in [-0.2, -0.15) is 5.26 Å². The summed E-state index contributed by atoms with van der Waals surface area (Å²) in [6.07, 6.45) is -1.24. The van der Waals surface area contributed by atoms with Crippen LogP contribution >= 0.6 is 0 Å². The van der Waals surface area contributed by atoms with E-state index in [4.69, 9.17) is 10.00 Å². The summed E-state index contributed by atoms with van der Waals surface area (Å²) in [6, 6.07) is 18.0. The topological polar surface area (TPSA) is 168 Å². The van der Waals surface area contributed by atoms with Gasteiger partial charge in [0.25, 0.3) is 21.6 Å². The quantitative estimate of drug-likeness (QED) is 0.272. The van der Waals surface area contributed by atoms with Gasteiger partial charge in [0.15, 0.2) is 6.10 Å². The van der Waals surface area contributed by atoms with Crippen LogP contribution in [0.25, 0.3) is 0 Å². The molecule has 0 aliphatic rings. The highest BCUT2D eigenvalue weighted by atomic mass is 32.2. The third-order valence-electron chi connectivity index (χ3n) is 4.66. The zero-order valence-corrected chi connectivity index (χ0v) is 19.0. The minimum Gasteiger partial charge on any atom is -0.449 e. The van der Waals surface area contributed by atoms with Crippen LogP contribution in [0.15, 0.2) is 77.7 Å². The molecule has 0 heterocycles. The van der Waals surface area contributed by atoms with Crippen LogP contribution in [0, 0.1) is 21.4 Å². The first-order valence-corrected chi connectivity index (χ1v) is 11.5. The van der Waals surface area contributed by atoms with Crippen LogP contribution in [0.2, 0.25) is 0 Å². The van der Waals surface area contributed by atoms with Crippen LogP contribution in [0.1, 0.15) is 22.8 Å². The van der Waals surface area contributed by atoms with E-state index in [1.807, 2.05) is 6.07 Å². The van der Waals surface area contributed by atoms with E-state index in [1.54, 1.807) is 0 Å². The van der Waals surface area contributed by atoms with Gasteiger partial charge in [0.1, 0.15) is 0 Å². The van der Waals surface area contributed by atoms with Crippen molar-refractivity contribution in [2.24, 2.45) is 0 Å². The number of carbonyl (C=O) groups is 2. The van der Waals surface area contributed by atoms with Crippen LogP contribution in [0.5, 0.6) is 0 Å². The number of ether oxygens (including phenoxy) is 1. The molecule has 0 aromatic heterocycles. The van der Waals surface area contributed by atoms with Crippen LogP contribution in [-0.2, 0) is 19.6 Å². The Balaban J connectivity index is 1.74. The maximum atomic E-state index is 12.8. The van der Waals surface area contributed by atoms with Gasteiger partial charge in [-0.3, -0.25) is 19.6 Å². The summed E-state index contributed by atoms with van der Waals surface area (Å²) in [4.78, 5) is 35.0. The number of esters is 1. The minimum absolute atomic E-state index is 0.135. The highest BCUT2D eigenvalue weighted by Gasteiger charge is 2.24. The Morgan fingerprint density at radius 3 is 2.40 bits per heavy atom. The molecule has 11 nitrogen and oxygen atoms in total. The van der Waals surface area contributed by atoms with Crippen molar-refractivity contribution in [1.82, 2.24) is 0 Å². The second-order valence-electron chi connectivity index (χ2n) is 7.13. The van der Waals surface area contributed by atoms with Crippen molar-refractivity contribution in [3.05, 3.63) is 94.0 Å². The number of nitrogens with one attached hydrogen (secondary N) is 2. The van der Waals surface area contributed by atoms with Crippen LogP contribution < -0.4 is 10.0 Å². The van der Waals surface area contributed by atoms with E-state index in [-0.39, 0.29) is 16.1 Å². The van der Waals surface area contributed by atoms with Crippen LogP contribution in [0.3, 0.4) is 0 Å². The summed E-state index contributed by atoms with van der Waals surface area (Å²) in [7, 11) is -4.28. The number of amides is 1. The number of para-hydroxylation sites is 1. The van der Waals surface area contributed by atoms with E-state index < -0.39 is 38.6 Å². The number of non-ortho nitro benzene ring substituents is 1. The molecule has 0 saturated heterocycles. The normalized spacial score (nSPS) is 11.5. The Kier molecular flexibility index (Phi) is 7.43. The molecule has 12 heteroatoms. The van der Waals surface area contributed by atoms with Crippen molar-refractivity contribution >= 4 is 39.0 Å². The lowest BCUT2D eigenvalue weighted by Gasteiger charge is -2.16. The molecule has 3 aromatic rings. The maximum Gasteiger partial charge on any atom is 0.341 e. The molecule has 0 aliphatic carbocycles. The Morgan fingerprint density at radius 1 is 1.06 bits per heavy atom. The van der Waals surface area contributed by atoms with Gasteiger partial charge in [0, 0.05) is 17.8 Å². The van der Waals surface area contributed by atoms with E-state index in [0.29, 0.717) is 11.3 Å². The fourth-order valence-electron chi connectivity index (χ4n) is 2.87. The first-order chi connectivity index (χ1) is 16.6.